The van der Waals surface area contributed by atoms with E-state index in [0.29, 0.717) is 5.69 Å². The third kappa shape index (κ3) is 3.44. The van der Waals surface area contributed by atoms with Crippen molar-refractivity contribution in [2.45, 2.75) is 26.4 Å². The number of rotatable bonds is 1. The summed E-state index contributed by atoms with van der Waals surface area (Å²) in [4.78, 5) is 15.9. The van der Waals surface area contributed by atoms with E-state index in [1.807, 2.05) is 39.0 Å². The Hall–Kier alpha value is -1.62. The van der Waals surface area contributed by atoms with Crippen LogP contribution in [0, 0.1) is 0 Å². The molecule has 2 rings (SSSR count). The van der Waals surface area contributed by atoms with Crippen LogP contribution in [-0.2, 0) is 4.74 Å². The van der Waals surface area contributed by atoms with Gasteiger partial charge in [-0.1, -0.05) is 15.9 Å². The number of pyridine rings is 1. The normalized spacial score (nSPS) is 11.4. The number of carbonyl (C=O) groups is 1. The lowest BCUT2D eigenvalue weighted by atomic mass is 10.1. The summed E-state index contributed by atoms with van der Waals surface area (Å²) in [6.07, 6.45) is 2.96. The van der Waals surface area contributed by atoms with Gasteiger partial charge in [-0.15, -0.1) is 0 Å². The van der Waals surface area contributed by atoms with Crippen LogP contribution >= 0.6 is 15.9 Å². The third-order valence-electron chi connectivity index (χ3n) is 2.40. The molecule has 100 valence electrons. The fourth-order valence-corrected chi connectivity index (χ4v) is 2.15. The summed E-state index contributed by atoms with van der Waals surface area (Å²) in [6.45, 7) is 5.48. The average molecular weight is 323 g/mol. The maximum atomic E-state index is 11.8. The van der Waals surface area contributed by atoms with Gasteiger partial charge in [-0.3, -0.25) is 10.3 Å². The van der Waals surface area contributed by atoms with Crippen LogP contribution in [0.1, 0.15) is 20.8 Å². The van der Waals surface area contributed by atoms with Crippen molar-refractivity contribution in [1.82, 2.24) is 4.98 Å². The third-order valence-corrected chi connectivity index (χ3v) is 3.09. The van der Waals surface area contributed by atoms with Gasteiger partial charge in [0.2, 0.25) is 0 Å². The van der Waals surface area contributed by atoms with Crippen LogP contribution in [0.3, 0.4) is 0 Å². The van der Waals surface area contributed by atoms with Crippen molar-refractivity contribution < 1.29 is 9.53 Å². The van der Waals surface area contributed by atoms with E-state index in [0.717, 1.165) is 15.2 Å². The van der Waals surface area contributed by atoms with Crippen molar-refractivity contribution in [3.05, 3.63) is 35.1 Å². The van der Waals surface area contributed by atoms with Crippen LogP contribution in [0.2, 0.25) is 0 Å². The van der Waals surface area contributed by atoms with E-state index in [1.54, 1.807) is 12.4 Å². The molecule has 1 N–H and O–H groups in total. The molecule has 0 atom stereocenters. The molecule has 5 heteroatoms. The van der Waals surface area contributed by atoms with Crippen molar-refractivity contribution in [2.75, 3.05) is 5.32 Å². The Bertz CT molecular complexity index is 620. The number of benzene rings is 1. The van der Waals surface area contributed by atoms with Gasteiger partial charge in [0.15, 0.2) is 0 Å². The Balaban J connectivity index is 2.31. The summed E-state index contributed by atoms with van der Waals surface area (Å²) < 4.78 is 6.20. The van der Waals surface area contributed by atoms with Crippen LogP contribution in [-0.4, -0.2) is 16.7 Å². The zero-order chi connectivity index (χ0) is 14.0. The highest BCUT2D eigenvalue weighted by Gasteiger charge is 2.17. The molecule has 0 aliphatic rings. The average Bonchev–Trinajstić information content (AvgIpc) is 2.31. The van der Waals surface area contributed by atoms with Gasteiger partial charge in [0.1, 0.15) is 5.60 Å². The summed E-state index contributed by atoms with van der Waals surface area (Å²) in [5.74, 6) is 0. The van der Waals surface area contributed by atoms with Gasteiger partial charge >= 0.3 is 6.09 Å². The largest absolute Gasteiger partial charge is 0.444 e. The highest BCUT2D eigenvalue weighted by Crippen LogP contribution is 2.29. The minimum Gasteiger partial charge on any atom is -0.444 e. The summed E-state index contributed by atoms with van der Waals surface area (Å²) in [7, 11) is 0. The summed E-state index contributed by atoms with van der Waals surface area (Å²) >= 11 is 3.47. The maximum Gasteiger partial charge on any atom is 0.412 e. The lowest BCUT2D eigenvalue weighted by Gasteiger charge is -2.20. The Morgan fingerprint density at radius 1 is 1.26 bits per heavy atom. The Kier molecular flexibility index (Phi) is 3.75. The molecule has 1 aromatic carbocycles. The minimum atomic E-state index is -0.520. The van der Waals surface area contributed by atoms with E-state index in [-0.39, 0.29) is 0 Å². The number of anilines is 1. The quantitative estimate of drug-likeness (QED) is 0.849. The number of amides is 1. The van der Waals surface area contributed by atoms with Crippen LogP contribution < -0.4 is 5.32 Å². The Morgan fingerprint density at radius 2 is 2.00 bits per heavy atom. The van der Waals surface area contributed by atoms with Crippen molar-refractivity contribution >= 4 is 38.5 Å². The van der Waals surface area contributed by atoms with Gasteiger partial charge in [0.25, 0.3) is 0 Å². The Morgan fingerprint density at radius 3 is 2.68 bits per heavy atom. The predicted octanol–water partition coefficient (Wildman–Crippen LogP) is 4.34. The van der Waals surface area contributed by atoms with E-state index in [9.17, 15) is 4.79 Å². The maximum absolute atomic E-state index is 11.8. The summed E-state index contributed by atoms with van der Waals surface area (Å²) in [5, 5.41) is 4.60. The molecule has 2 aromatic rings. The molecule has 1 amide bonds. The molecule has 1 aromatic heterocycles. The highest BCUT2D eigenvalue weighted by atomic mass is 79.9. The zero-order valence-corrected chi connectivity index (χ0v) is 12.6. The standard InChI is InChI=1S/C14H15BrN2O2/c1-14(2,3)19-13(18)17-12-5-4-11(15)9-6-7-16-8-10(9)12/h4-8H,1-3H3,(H,17,18). The SMILES string of the molecule is CC(C)(C)OC(=O)Nc1ccc(Br)c2ccncc12. The first-order valence-electron chi connectivity index (χ1n) is 5.89. The molecule has 19 heavy (non-hydrogen) atoms. The molecule has 0 aliphatic heterocycles. The number of hydrogen-bond acceptors (Lipinski definition) is 3. The van der Waals surface area contributed by atoms with Gasteiger partial charge in [0.05, 0.1) is 5.69 Å². The van der Waals surface area contributed by atoms with Crippen molar-refractivity contribution in [3.63, 3.8) is 0 Å². The lowest BCUT2D eigenvalue weighted by molar-refractivity contribution is 0.0636. The second-order valence-corrected chi connectivity index (χ2v) is 6.00. The molecular weight excluding hydrogens is 308 g/mol. The molecule has 1 heterocycles. The molecule has 0 bridgehead atoms. The van der Waals surface area contributed by atoms with Crippen molar-refractivity contribution in [3.8, 4) is 0 Å². The number of halogens is 1. The summed E-state index contributed by atoms with van der Waals surface area (Å²) in [6, 6.07) is 5.59. The highest BCUT2D eigenvalue weighted by molar-refractivity contribution is 9.10. The topological polar surface area (TPSA) is 51.2 Å². The first kappa shape index (κ1) is 13.8. The van der Waals surface area contributed by atoms with Crippen molar-refractivity contribution in [2.24, 2.45) is 0 Å². The van der Waals surface area contributed by atoms with Crippen LogP contribution in [0.4, 0.5) is 10.5 Å². The van der Waals surface area contributed by atoms with Gasteiger partial charge in [-0.2, -0.15) is 0 Å². The van der Waals surface area contributed by atoms with E-state index in [2.05, 4.69) is 26.2 Å². The van der Waals surface area contributed by atoms with Gasteiger partial charge in [0, 0.05) is 27.6 Å². The number of hydrogen-bond donors (Lipinski definition) is 1. The number of ether oxygens (including phenoxy) is 1. The van der Waals surface area contributed by atoms with E-state index < -0.39 is 11.7 Å². The van der Waals surface area contributed by atoms with E-state index in [1.165, 1.54) is 0 Å². The minimum absolute atomic E-state index is 0.472. The molecule has 0 saturated heterocycles. The number of nitrogens with one attached hydrogen (secondary N) is 1. The zero-order valence-electron chi connectivity index (χ0n) is 11.0. The molecular formula is C14H15BrN2O2. The van der Waals surface area contributed by atoms with E-state index in [4.69, 9.17) is 4.74 Å². The molecule has 0 aliphatic carbocycles. The first-order chi connectivity index (χ1) is 8.87. The fraction of sp³-hybridized carbons (Fsp3) is 0.286. The number of fused-ring (bicyclic) bond motifs is 1. The second kappa shape index (κ2) is 5.17. The molecule has 0 radical (unpaired) electrons. The monoisotopic (exact) mass is 322 g/mol. The van der Waals surface area contributed by atoms with Crippen molar-refractivity contribution in [1.29, 1.82) is 0 Å². The van der Waals surface area contributed by atoms with Crippen LogP contribution in [0.5, 0.6) is 0 Å². The van der Waals surface area contributed by atoms with Gasteiger partial charge < -0.3 is 4.74 Å². The smallest absolute Gasteiger partial charge is 0.412 e. The molecule has 0 fully saturated rings. The molecule has 0 unspecified atom stereocenters. The number of nitrogens with zero attached hydrogens (tertiary/aromatic N) is 1. The fourth-order valence-electron chi connectivity index (χ4n) is 1.68. The van der Waals surface area contributed by atoms with Gasteiger partial charge in [-0.05, 0) is 39.0 Å². The molecule has 0 spiro atoms. The lowest BCUT2D eigenvalue weighted by Crippen LogP contribution is -2.27. The molecule has 4 nitrogen and oxygen atoms in total. The first-order valence-corrected chi connectivity index (χ1v) is 6.68. The summed E-state index contributed by atoms with van der Waals surface area (Å²) in [5.41, 5.74) is 0.161. The predicted molar refractivity (Wildman–Crippen MR) is 79.3 cm³/mol. The Labute approximate surface area is 120 Å². The van der Waals surface area contributed by atoms with Crippen LogP contribution in [0.25, 0.3) is 10.8 Å². The van der Waals surface area contributed by atoms with E-state index >= 15 is 0 Å². The van der Waals surface area contributed by atoms with Gasteiger partial charge in [-0.25, -0.2) is 4.79 Å². The van der Waals surface area contributed by atoms with Crippen LogP contribution in [0.15, 0.2) is 35.1 Å². The number of carbonyl (C=O) groups excluding carboxylic acids is 1. The second-order valence-electron chi connectivity index (χ2n) is 5.14. The molecule has 0 saturated carbocycles. The number of aromatic nitrogens is 1.